The van der Waals surface area contributed by atoms with Crippen molar-refractivity contribution in [3.8, 4) is 5.69 Å². The van der Waals surface area contributed by atoms with E-state index in [9.17, 15) is 9.59 Å². The molecule has 0 aliphatic rings. The number of amides is 2. The highest BCUT2D eigenvalue weighted by Gasteiger charge is 2.14. The van der Waals surface area contributed by atoms with Gasteiger partial charge in [-0.15, -0.1) is 0 Å². The van der Waals surface area contributed by atoms with Crippen LogP contribution in [0.25, 0.3) is 5.69 Å². The molecule has 0 aliphatic heterocycles. The summed E-state index contributed by atoms with van der Waals surface area (Å²) < 4.78 is 2.08. The Kier molecular flexibility index (Phi) is 6.36. The molecule has 0 spiro atoms. The van der Waals surface area contributed by atoms with Crippen LogP contribution in [0.15, 0.2) is 59.7 Å². The van der Waals surface area contributed by atoms with Crippen molar-refractivity contribution in [2.45, 2.75) is 13.8 Å². The van der Waals surface area contributed by atoms with Crippen LogP contribution in [0.4, 0.5) is 5.69 Å². The van der Waals surface area contributed by atoms with Crippen molar-refractivity contribution in [2.24, 2.45) is 5.10 Å². The number of hydrogen-bond donors (Lipinski definition) is 2. The summed E-state index contributed by atoms with van der Waals surface area (Å²) in [6.45, 7) is 3.95. The molecule has 6 nitrogen and oxygen atoms in total. The Labute approximate surface area is 178 Å². The number of hydrogen-bond acceptors (Lipinski definition) is 3. The maximum Gasteiger partial charge on any atom is 0.329 e. The van der Waals surface area contributed by atoms with Gasteiger partial charge < -0.3 is 9.88 Å². The summed E-state index contributed by atoms with van der Waals surface area (Å²) in [5.74, 6) is -1.76. The van der Waals surface area contributed by atoms with Gasteiger partial charge in [0.1, 0.15) is 0 Å². The first-order valence-corrected chi connectivity index (χ1v) is 9.46. The molecule has 3 aromatic rings. The summed E-state index contributed by atoms with van der Waals surface area (Å²) in [4.78, 5) is 24.0. The van der Waals surface area contributed by atoms with Crippen LogP contribution in [0, 0.1) is 13.8 Å². The number of aryl methyl sites for hydroxylation is 1. The second kappa shape index (κ2) is 8.94. The molecular formula is C21H18Cl2N4O2. The molecule has 8 heteroatoms. The molecule has 2 aromatic carbocycles. The zero-order valence-corrected chi connectivity index (χ0v) is 17.3. The van der Waals surface area contributed by atoms with Gasteiger partial charge in [-0.25, -0.2) is 5.43 Å². The molecule has 3 rings (SSSR count). The lowest BCUT2D eigenvalue weighted by molar-refractivity contribution is -0.136. The van der Waals surface area contributed by atoms with Crippen LogP contribution >= 0.6 is 23.2 Å². The van der Waals surface area contributed by atoms with Gasteiger partial charge in [-0.1, -0.05) is 41.4 Å². The second-order valence-electron chi connectivity index (χ2n) is 6.28. The largest absolute Gasteiger partial charge is 0.329 e. The number of hydrazone groups is 1. The van der Waals surface area contributed by atoms with E-state index in [0.29, 0.717) is 10.7 Å². The fourth-order valence-electron chi connectivity index (χ4n) is 2.87. The minimum absolute atomic E-state index is 0.275. The van der Waals surface area contributed by atoms with Crippen molar-refractivity contribution in [1.82, 2.24) is 9.99 Å². The van der Waals surface area contributed by atoms with Crippen LogP contribution in [-0.2, 0) is 9.59 Å². The van der Waals surface area contributed by atoms with E-state index < -0.39 is 11.8 Å². The number of rotatable bonds is 4. The Balaban J connectivity index is 1.66. The van der Waals surface area contributed by atoms with Gasteiger partial charge in [0.15, 0.2) is 0 Å². The van der Waals surface area contributed by atoms with Gasteiger partial charge in [-0.05, 0) is 50.2 Å². The lowest BCUT2D eigenvalue weighted by Crippen LogP contribution is -2.32. The normalized spacial score (nSPS) is 10.9. The fraction of sp³-hybridized carbons (Fsp3) is 0.0952. The number of nitrogens with one attached hydrogen (secondary N) is 2. The summed E-state index contributed by atoms with van der Waals surface area (Å²) in [5.41, 5.74) is 6.44. The van der Waals surface area contributed by atoms with Crippen molar-refractivity contribution in [3.05, 3.63) is 81.6 Å². The van der Waals surface area contributed by atoms with E-state index in [1.54, 1.807) is 6.07 Å². The number of carbonyl (C=O) groups excluding carboxylic acids is 2. The molecule has 0 radical (unpaired) electrons. The molecule has 1 heterocycles. The summed E-state index contributed by atoms with van der Waals surface area (Å²) >= 11 is 11.7. The minimum Gasteiger partial charge on any atom is -0.318 e. The highest BCUT2D eigenvalue weighted by molar-refractivity contribution is 6.42. The van der Waals surface area contributed by atoms with E-state index in [0.717, 1.165) is 22.6 Å². The van der Waals surface area contributed by atoms with Crippen LogP contribution in [0.2, 0.25) is 10.0 Å². The van der Waals surface area contributed by atoms with Gasteiger partial charge in [0.25, 0.3) is 0 Å². The predicted molar refractivity (Wildman–Crippen MR) is 116 cm³/mol. The topological polar surface area (TPSA) is 75.5 Å². The molecule has 0 saturated carbocycles. The molecule has 0 atom stereocenters. The predicted octanol–water partition coefficient (Wildman–Crippen LogP) is 4.49. The summed E-state index contributed by atoms with van der Waals surface area (Å²) in [6.07, 6.45) is 1.51. The number of aromatic nitrogens is 1. The summed E-state index contributed by atoms with van der Waals surface area (Å²) in [7, 11) is 0. The maximum absolute atomic E-state index is 12.0. The summed E-state index contributed by atoms with van der Waals surface area (Å²) in [5, 5.41) is 6.96. The number of benzene rings is 2. The highest BCUT2D eigenvalue weighted by atomic mass is 35.5. The lowest BCUT2D eigenvalue weighted by atomic mass is 10.2. The van der Waals surface area contributed by atoms with E-state index in [1.165, 1.54) is 18.3 Å². The third kappa shape index (κ3) is 4.85. The SMILES string of the molecule is Cc1cc(/C=N\NC(=O)C(=O)Nc2ccc(Cl)c(Cl)c2)c(C)n1-c1ccccc1. The van der Waals surface area contributed by atoms with Crippen molar-refractivity contribution in [1.29, 1.82) is 0 Å². The van der Waals surface area contributed by atoms with Crippen LogP contribution in [0.5, 0.6) is 0 Å². The molecule has 2 amide bonds. The zero-order chi connectivity index (χ0) is 21.0. The molecule has 0 saturated heterocycles. The van der Waals surface area contributed by atoms with Crippen molar-refractivity contribution in [2.75, 3.05) is 5.32 Å². The Morgan fingerprint density at radius 2 is 1.69 bits per heavy atom. The number of carbonyl (C=O) groups is 2. The van der Waals surface area contributed by atoms with Gasteiger partial charge in [0.05, 0.1) is 16.3 Å². The number of anilines is 1. The first-order chi connectivity index (χ1) is 13.9. The Bertz CT molecular complexity index is 1090. The first kappa shape index (κ1) is 20.6. The molecule has 2 N–H and O–H groups in total. The standard InChI is InChI=1S/C21H18Cl2N4O2/c1-13-10-15(14(2)27(13)17-6-4-3-5-7-17)12-24-26-21(29)20(28)25-16-8-9-18(22)19(23)11-16/h3-12H,1-2H3,(H,25,28)(H,26,29)/b24-12-. The number of nitrogens with zero attached hydrogens (tertiary/aromatic N) is 2. The van der Waals surface area contributed by atoms with Crippen molar-refractivity contribution >= 4 is 46.9 Å². The molecule has 0 fully saturated rings. The van der Waals surface area contributed by atoms with E-state index in [-0.39, 0.29) is 5.02 Å². The van der Waals surface area contributed by atoms with Gasteiger partial charge in [-0.2, -0.15) is 5.10 Å². The number of para-hydroxylation sites is 1. The molecule has 0 unspecified atom stereocenters. The Hall–Kier alpha value is -3.09. The highest BCUT2D eigenvalue weighted by Crippen LogP contribution is 2.25. The molecule has 29 heavy (non-hydrogen) atoms. The molecule has 0 bridgehead atoms. The van der Waals surface area contributed by atoms with E-state index in [1.807, 2.05) is 50.2 Å². The van der Waals surface area contributed by atoms with Gasteiger partial charge in [-0.3, -0.25) is 9.59 Å². The van der Waals surface area contributed by atoms with Crippen molar-refractivity contribution < 1.29 is 9.59 Å². The third-order valence-corrected chi connectivity index (χ3v) is 4.98. The molecular weight excluding hydrogens is 411 g/mol. The quantitative estimate of drug-likeness (QED) is 0.364. The molecule has 148 valence electrons. The average Bonchev–Trinajstić information content (AvgIpc) is 2.98. The Morgan fingerprint density at radius 1 is 0.966 bits per heavy atom. The van der Waals surface area contributed by atoms with Crippen LogP contribution in [0.3, 0.4) is 0 Å². The van der Waals surface area contributed by atoms with Gasteiger partial charge in [0, 0.05) is 28.3 Å². The van der Waals surface area contributed by atoms with E-state index in [4.69, 9.17) is 23.2 Å². The minimum atomic E-state index is -0.899. The van der Waals surface area contributed by atoms with Gasteiger partial charge in [0.2, 0.25) is 0 Å². The Morgan fingerprint density at radius 3 is 2.38 bits per heavy atom. The fourth-order valence-corrected chi connectivity index (χ4v) is 3.16. The average molecular weight is 429 g/mol. The van der Waals surface area contributed by atoms with Gasteiger partial charge >= 0.3 is 11.8 Å². The smallest absolute Gasteiger partial charge is 0.318 e. The molecule has 1 aromatic heterocycles. The first-order valence-electron chi connectivity index (χ1n) is 8.70. The van der Waals surface area contributed by atoms with Crippen LogP contribution in [0.1, 0.15) is 17.0 Å². The third-order valence-electron chi connectivity index (χ3n) is 4.24. The van der Waals surface area contributed by atoms with E-state index in [2.05, 4.69) is 20.4 Å². The maximum atomic E-state index is 12.0. The lowest BCUT2D eigenvalue weighted by Gasteiger charge is -2.09. The van der Waals surface area contributed by atoms with E-state index >= 15 is 0 Å². The zero-order valence-electron chi connectivity index (χ0n) is 15.7. The monoisotopic (exact) mass is 428 g/mol. The second-order valence-corrected chi connectivity index (χ2v) is 7.09. The van der Waals surface area contributed by atoms with Crippen molar-refractivity contribution in [3.63, 3.8) is 0 Å². The number of halogens is 2. The molecule has 0 aliphatic carbocycles. The van der Waals surface area contributed by atoms with Crippen LogP contribution in [-0.4, -0.2) is 22.6 Å². The summed E-state index contributed by atoms with van der Waals surface area (Å²) in [6, 6.07) is 16.4. The van der Waals surface area contributed by atoms with Crippen LogP contribution < -0.4 is 10.7 Å².